The highest BCUT2D eigenvalue weighted by atomic mass is 16.1. The third-order valence-corrected chi connectivity index (χ3v) is 4.61. The minimum absolute atomic E-state index is 0.0796. The van der Waals surface area contributed by atoms with E-state index in [4.69, 9.17) is 5.26 Å². The topological polar surface area (TPSA) is 64.9 Å². The molecule has 1 amide bonds. The number of carbonyl (C=O) groups is 1. The first kappa shape index (κ1) is 20.7. The third kappa shape index (κ3) is 5.67. The van der Waals surface area contributed by atoms with Gasteiger partial charge in [-0.05, 0) is 34.6 Å². The van der Waals surface area contributed by atoms with Crippen LogP contribution in [0.15, 0.2) is 48.5 Å². The Balaban J connectivity index is 2.04. The van der Waals surface area contributed by atoms with Crippen molar-refractivity contribution in [2.24, 2.45) is 5.92 Å². The number of nitrogens with one attached hydrogen (secondary N) is 2. The Bertz CT molecular complexity index is 811. The lowest BCUT2D eigenvalue weighted by molar-refractivity contribution is -0.115. The molecular formula is C23H29N3O. The van der Waals surface area contributed by atoms with E-state index >= 15 is 0 Å². The van der Waals surface area contributed by atoms with Crippen LogP contribution in [0.1, 0.15) is 57.4 Å². The highest BCUT2D eigenvalue weighted by Crippen LogP contribution is 2.26. The van der Waals surface area contributed by atoms with E-state index in [0.717, 1.165) is 0 Å². The maximum Gasteiger partial charge on any atom is 0.238 e. The predicted molar refractivity (Wildman–Crippen MR) is 111 cm³/mol. The molecule has 0 saturated heterocycles. The fraction of sp³-hybridized carbons (Fsp3) is 0.391. The van der Waals surface area contributed by atoms with Crippen molar-refractivity contribution in [1.29, 1.82) is 5.26 Å². The van der Waals surface area contributed by atoms with Crippen LogP contribution in [0.4, 0.5) is 5.69 Å². The number of rotatable bonds is 6. The maximum atomic E-state index is 12.3. The number of para-hydroxylation sites is 1. The predicted octanol–water partition coefficient (Wildman–Crippen LogP) is 4.78. The molecule has 4 heteroatoms. The minimum atomic E-state index is -0.158. The maximum absolute atomic E-state index is 12.3. The van der Waals surface area contributed by atoms with Gasteiger partial charge in [0.25, 0.3) is 0 Å². The molecule has 27 heavy (non-hydrogen) atoms. The number of nitrogens with zero attached hydrogens (tertiary/aromatic N) is 1. The van der Waals surface area contributed by atoms with E-state index in [0.29, 0.717) is 17.2 Å². The molecule has 0 aliphatic heterocycles. The lowest BCUT2D eigenvalue weighted by atomic mass is 9.85. The zero-order valence-corrected chi connectivity index (χ0v) is 16.8. The van der Waals surface area contributed by atoms with Gasteiger partial charge in [-0.15, -0.1) is 0 Å². The van der Waals surface area contributed by atoms with E-state index in [1.165, 1.54) is 11.1 Å². The molecule has 0 aromatic heterocycles. The van der Waals surface area contributed by atoms with Gasteiger partial charge in [-0.2, -0.15) is 5.26 Å². The molecular weight excluding hydrogens is 334 g/mol. The van der Waals surface area contributed by atoms with Crippen LogP contribution in [0.25, 0.3) is 0 Å². The molecule has 0 aliphatic carbocycles. The van der Waals surface area contributed by atoms with Crippen LogP contribution in [0, 0.1) is 17.2 Å². The van der Waals surface area contributed by atoms with Gasteiger partial charge >= 0.3 is 0 Å². The van der Waals surface area contributed by atoms with Crippen LogP contribution in [0.5, 0.6) is 0 Å². The molecule has 0 heterocycles. The molecule has 142 valence electrons. The number of carbonyl (C=O) groups excluding carboxylic acids is 1. The van der Waals surface area contributed by atoms with Crippen LogP contribution in [0.2, 0.25) is 0 Å². The molecule has 0 fully saturated rings. The minimum Gasteiger partial charge on any atom is -0.324 e. The van der Waals surface area contributed by atoms with E-state index in [2.05, 4.69) is 75.6 Å². The zero-order chi connectivity index (χ0) is 20.0. The van der Waals surface area contributed by atoms with Gasteiger partial charge in [0.05, 0.1) is 17.8 Å². The van der Waals surface area contributed by atoms with Gasteiger partial charge in [-0.25, -0.2) is 0 Å². The molecule has 2 aromatic carbocycles. The fourth-order valence-corrected chi connectivity index (χ4v) is 3.02. The summed E-state index contributed by atoms with van der Waals surface area (Å²) < 4.78 is 0. The van der Waals surface area contributed by atoms with Crippen molar-refractivity contribution in [2.45, 2.75) is 46.1 Å². The fourth-order valence-electron chi connectivity index (χ4n) is 3.02. The number of amides is 1. The molecule has 2 aromatic rings. The Morgan fingerprint density at radius 2 is 1.70 bits per heavy atom. The lowest BCUT2D eigenvalue weighted by Crippen LogP contribution is -2.33. The number of nitriles is 1. The van der Waals surface area contributed by atoms with Crippen LogP contribution >= 0.6 is 0 Å². The van der Waals surface area contributed by atoms with E-state index in [1.54, 1.807) is 24.3 Å². The van der Waals surface area contributed by atoms with Crippen LogP contribution < -0.4 is 10.6 Å². The molecule has 0 unspecified atom stereocenters. The highest BCUT2D eigenvalue weighted by Gasteiger charge is 2.19. The van der Waals surface area contributed by atoms with Crippen LogP contribution in [-0.4, -0.2) is 12.5 Å². The van der Waals surface area contributed by atoms with E-state index in [-0.39, 0.29) is 23.9 Å². The highest BCUT2D eigenvalue weighted by molar-refractivity contribution is 5.93. The Labute approximate surface area is 162 Å². The van der Waals surface area contributed by atoms with Gasteiger partial charge in [0, 0.05) is 6.04 Å². The van der Waals surface area contributed by atoms with E-state index < -0.39 is 0 Å². The number of benzene rings is 2. The molecule has 4 nitrogen and oxygen atoms in total. The Morgan fingerprint density at radius 1 is 1.07 bits per heavy atom. The molecule has 2 N–H and O–H groups in total. The molecule has 0 radical (unpaired) electrons. The van der Waals surface area contributed by atoms with Crippen molar-refractivity contribution in [3.8, 4) is 6.07 Å². The first-order valence-electron chi connectivity index (χ1n) is 9.35. The second-order valence-electron chi connectivity index (χ2n) is 8.18. The summed E-state index contributed by atoms with van der Waals surface area (Å²) in [4.78, 5) is 12.3. The van der Waals surface area contributed by atoms with Gasteiger partial charge in [0.1, 0.15) is 6.07 Å². The van der Waals surface area contributed by atoms with E-state index in [1.807, 2.05) is 0 Å². The largest absolute Gasteiger partial charge is 0.324 e. The first-order chi connectivity index (χ1) is 12.7. The summed E-state index contributed by atoms with van der Waals surface area (Å²) in [6.45, 7) is 11.1. The second-order valence-corrected chi connectivity index (χ2v) is 8.18. The SMILES string of the molecule is CC(C)[C@@H](NCC(=O)Nc1ccccc1C#N)c1ccc(C(C)(C)C)cc1. The van der Waals surface area contributed by atoms with E-state index in [9.17, 15) is 4.79 Å². The summed E-state index contributed by atoms with van der Waals surface area (Å²) in [5.74, 6) is 0.180. The standard InChI is InChI=1S/C23H29N3O/c1-16(2)22(17-10-12-19(13-11-17)23(3,4)5)25-15-21(27)26-20-9-7-6-8-18(20)14-24/h6-13,16,22,25H,15H2,1-5H3,(H,26,27)/t22-/m1/s1. The third-order valence-electron chi connectivity index (χ3n) is 4.61. The Kier molecular flexibility index (Phi) is 6.76. The van der Waals surface area contributed by atoms with Crippen LogP contribution in [-0.2, 0) is 10.2 Å². The monoisotopic (exact) mass is 363 g/mol. The van der Waals surface area contributed by atoms with Crippen molar-refractivity contribution >= 4 is 11.6 Å². The van der Waals surface area contributed by atoms with Gasteiger partial charge < -0.3 is 10.6 Å². The van der Waals surface area contributed by atoms with Crippen molar-refractivity contribution in [3.05, 3.63) is 65.2 Å². The zero-order valence-electron chi connectivity index (χ0n) is 16.8. The summed E-state index contributed by atoms with van der Waals surface area (Å²) in [6.07, 6.45) is 0. The van der Waals surface area contributed by atoms with Crippen LogP contribution in [0.3, 0.4) is 0 Å². The Hall–Kier alpha value is -2.64. The number of hydrogen-bond acceptors (Lipinski definition) is 3. The molecule has 0 spiro atoms. The summed E-state index contributed by atoms with van der Waals surface area (Å²) in [5, 5.41) is 15.3. The van der Waals surface area contributed by atoms with Gasteiger partial charge in [0.2, 0.25) is 5.91 Å². The van der Waals surface area contributed by atoms with Gasteiger partial charge in [-0.3, -0.25) is 4.79 Å². The molecule has 0 saturated carbocycles. The molecule has 0 bridgehead atoms. The molecule has 2 rings (SSSR count). The summed E-state index contributed by atoms with van der Waals surface area (Å²) >= 11 is 0. The normalized spacial score (nSPS) is 12.5. The summed E-state index contributed by atoms with van der Waals surface area (Å²) in [5.41, 5.74) is 3.59. The number of anilines is 1. The summed E-state index contributed by atoms with van der Waals surface area (Å²) in [6, 6.07) is 17.8. The van der Waals surface area contributed by atoms with Crippen molar-refractivity contribution in [1.82, 2.24) is 5.32 Å². The lowest BCUT2D eigenvalue weighted by Gasteiger charge is -2.25. The Morgan fingerprint density at radius 3 is 2.26 bits per heavy atom. The van der Waals surface area contributed by atoms with Crippen molar-refractivity contribution in [2.75, 3.05) is 11.9 Å². The first-order valence-corrected chi connectivity index (χ1v) is 9.35. The number of hydrogen-bond donors (Lipinski definition) is 2. The molecule has 1 atom stereocenters. The van der Waals surface area contributed by atoms with Crippen molar-refractivity contribution < 1.29 is 4.79 Å². The van der Waals surface area contributed by atoms with Gasteiger partial charge in [-0.1, -0.05) is 71.0 Å². The second kappa shape index (κ2) is 8.83. The average Bonchev–Trinajstić information content (AvgIpc) is 2.61. The smallest absolute Gasteiger partial charge is 0.238 e. The van der Waals surface area contributed by atoms with Crippen molar-refractivity contribution in [3.63, 3.8) is 0 Å². The molecule has 0 aliphatic rings. The van der Waals surface area contributed by atoms with Gasteiger partial charge in [0.15, 0.2) is 0 Å². The quantitative estimate of drug-likeness (QED) is 0.776. The summed E-state index contributed by atoms with van der Waals surface area (Å²) in [7, 11) is 0. The average molecular weight is 364 g/mol.